The summed E-state index contributed by atoms with van der Waals surface area (Å²) in [5.41, 5.74) is 3.35. The van der Waals surface area contributed by atoms with Gasteiger partial charge in [-0.2, -0.15) is 9.40 Å². The van der Waals surface area contributed by atoms with Crippen LogP contribution in [-0.2, 0) is 23.0 Å². The third kappa shape index (κ3) is 2.30. The van der Waals surface area contributed by atoms with Crippen LogP contribution in [0.15, 0.2) is 41.4 Å². The molecule has 24 heavy (non-hydrogen) atoms. The molecule has 0 saturated heterocycles. The van der Waals surface area contributed by atoms with Crippen LogP contribution in [0.2, 0.25) is 0 Å². The van der Waals surface area contributed by atoms with Gasteiger partial charge >= 0.3 is 0 Å². The molecule has 0 spiro atoms. The van der Waals surface area contributed by atoms with Crippen molar-refractivity contribution >= 4 is 15.7 Å². The quantitative estimate of drug-likeness (QED) is 0.711. The highest BCUT2D eigenvalue weighted by Gasteiger charge is 2.31. The second kappa shape index (κ2) is 5.35. The molecular formula is C16H15FN4O2S. The molecule has 0 saturated carbocycles. The molecule has 1 aliphatic rings. The van der Waals surface area contributed by atoms with Gasteiger partial charge in [-0.3, -0.25) is 0 Å². The fourth-order valence-electron chi connectivity index (χ4n) is 3.03. The van der Waals surface area contributed by atoms with E-state index in [0.717, 1.165) is 28.7 Å². The number of nitrogens with zero attached hydrogens (tertiary/aromatic N) is 4. The maximum atomic E-state index is 13.9. The first-order chi connectivity index (χ1) is 11.5. The highest BCUT2D eigenvalue weighted by atomic mass is 32.2. The molecule has 1 aliphatic heterocycles. The van der Waals surface area contributed by atoms with E-state index in [9.17, 15) is 12.8 Å². The molecule has 2 aromatic heterocycles. The Morgan fingerprint density at radius 1 is 1.25 bits per heavy atom. The first-order valence-electron chi connectivity index (χ1n) is 7.54. The summed E-state index contributed by atoms with van der Waals surface area (Å²) in [6.07, 6.45) is 2.18. The molecule has 0 radical (unpaired) electrons. The summed E-state index contributed by atoms with van der Waals surface area (Å²) in [6.45, 7) is 2.33. The van der Waals surface area contributed by atoms with E-state index in [2.05, 4.69) is 10.1 Å². The van der Waals surface area contributed by atoms with Crippen molar-refractivity contribution in [1.29, 1.82) is 0 Å². The highest BCUT2D eigenvalue weighted by Crippen LogP contribution is 2.26. The van der Waals surface area contributed by atoms with E-state index >= 15 is 0 Å². The number of aryl methyl sites for hydroxylation is 1. The van der Waals surface area contributed by atoms with Crippen molar-refractivity contribution in [1.82, 2.24) is 18.9 Å². The third-order valence-corrected chi connectivity index (χ3v) is 6.07. The number of rotatable bonds is 2. The van der Waals surface area contributed by atoms with Gasteiger partial charge in [0.05, 0.1) is 11.4 Å². The largest absolute Gasteiger partial charge is 0.246 e. The number of sulfonamides is 1. The van der Waals surface area contributed by atoms with Gasteiger partial charge in [0.15, 0.2) is 5.65 Å². The monoisotopic (exact) mass is 346 g/mol. The van der Waals surface area contributed by atoms with Crippen LogP contribution in [0.3, 0.4) is 0 Å². The molecule has 6 nitrogen and oxygen atoms in total. The lowest BCUT2D eigenvalue weighted by molar-refractivity contribution is 0.381. The third-order valence-electron chi connectivity index (χ3n) is 4.19. The summed E-state index contributed by atoms with van der Waals surface area (Å²) in [4.78, 5) is 4.03. The Morgan fingerprint density at radius 3 is 2.83 bits per heavy atom. The number of benzene rings is 1. The average Bonchev–Trinajstić information content (AvgIpc) is 2.95. The van der Waals surface area contributed by atoms with Crippen LogP contribution in [0, 0.1) is 12.7 Å². The predicted molar refractivity (Wildman–Crippen MR) is 85.4 cm³/mol. The van der Waals surface area contributed by atoms with E-state index in [4.69, 9.17) is 0 Å². The molecule has 3 heterocycles. The molecule has 8 heteroatoms. The van der Waals surface area contributed by atoms with Gasteiger partial charge < -0.3 is 0 Å². The summed E-state index contributed by atoms with van der Waals surface area (Å²) in [5.74, 6) is -0.737. The van der Waals surface area contributed by atoms with Crippen molar-refractivity contribution < 1.29 is 12.8 Å². The summed E-state index contributed by atoms with van der Waals surface area (Å²) < 4.78 is 42.4. The Hall–Kier alpha value is -2.32. The van der Waals surface area contributed by atoms with Crippen molar-refractivity contribution in [2.75, 3.05) is 6.54 Å². The van der Waals surface area contributed by atoms with Crippen LogP contribution < -0.4 is 0 Å². The van der Waals surface area contributed by atoms with Gasteiger partial charge in [-0.15, -0.1) is 0 Å². The standard InChI is InChI=1S/C16H15FN4O2S/c1-11-8-16-18-9-12-10-20(7-6-14(12)21(16)19-11)24(22,23)15-5-3-2-4-13(15)17/h2-5,8-9H,6-7,10H2,1H3. The van der Waals surface area contributed by atoms with E-state index in [0.29, 0.717) is 6.42 Å². The van der Waals surface area contributed by atoms with E-state index in [1.54, 1.807) is 10.7 Å². The second-order valence-electron chi connectivity index (χ2n) is 5.80. The molecule has 0 N–H and O–H groups in total. The predicted octanol–water partition coefficient (Wildman–Crippen LogP) is 1.92. The number of halogens is 1. The van der Waals surface area contributed by atoms with Gasteiger partial charge in [-0.25, -0.2) is 22.3 Å². The van der Waals surface area contributed by atoms with Crippen molar-refractivity contribution in [3.63, 3.8) is 0 Å². The lowest BCUT2D eigenvalue weighted by Crippen LogP contribution is -2.37. The number of fused-ring (bicyclic) bond motifs is 3. The van der Waals surface area contributed by atoms with Crippen LogP contribution in [0.4, 0.5) is 4.39 Å². The first-order valence-corrected chi connectivity index (χ1v) is 8.98. The summed E-state index contributed by atoms with van der Waals surface area (Å²) >= 11 is 0. The highest BCUT2D eigenvalue weighted by molar-refractivity contribution is 7.89. The lowest BCUT2D eigenvalue weighted by atomic mass is 10.1. The van der Waals surface area contributed by atoms with Gasteiger partial charge in [0.2, 0.25) is 10.0 Å². The lowest BCUT2D eigenvalue weighted by Gasteiger charge is -2.28. The van der Waals surface area contributed by atoms with Crippen LogP contribution in [-0.4, -0.2) is 33.9 Å². The zero-order valence-electron chi connectivity index (χ0n) is 13.0. The molecule has 0 fully saturated rings. The number of hydrogen-bond acceptors (Lipinski definition) is 4. The normalized spacial score (nSPS) is 15.6. The van der Waals surface area contributed by atoms with Crippen molar-refractivity contribution in [3.05, 3.63) is 59.3 Å². The van der Waals surface area contributed by atoms with Crippen LogP contribution in [0.25, 0.3) is 5.65 Å². The Kier molecular flexibility index (Phi) is 3.40. The average molecular weight is 346 g/mol. The van der Waals surface area contributed by atoms with Crippen LogP contribution in [0.5, 0.6) is 0 Å². The Labute approximate surface area is 138 Å². The second-order valence-corrected chi connectivity index (χ2v) is 7.71. The molecule has 0 amide bonds. The SMILES string of the molecule is Cc1cc2ncc3c(n2n1)CCN(S(=O)(=O)c1ccccc1F)C3. The Balaban J connectivity index is 1.74. The minimum atomic E-state index is -3.88. The van der Waals surface area contributed by atoms with Crippen LogP contribution >= 0.6 is 0 Å². The molecule has 0 bridgehead atoms. The fraction of sp³-hybridized carbons (Fsp3) is 0.250. The van der Waals surface area contributed by atoms with E-state index in [1.807, 2.05) is 13.0 Å². The fourth-order valence-corrected chi connectivity index (χ4v) is 4.51. The van der Waals surface area contributed by atoms with E-state index in [-0.39, 0.29) is 18.0 Å². The summed E-state index contributed by atoms with van der Waals surface area (Å²) in [5, 5.41) is 4.41. The molecular weight excluding hydrogens is 331 g/mol. The van der Waals surface area contributed by atoms with Gasteiger partial charge in [-0.05, 0) is 19.1 Å². The van der Waals surface area contributed by atoms with Gasteiger partial charge in [0, 0.05) is 37.3 Å². The number of aromatic nitrogens is 3. The zero-order chi connectivity index (χ0) is 16.9. The Bertz CT molecular complexity index is 1050. The van der Waals surface area contributed by atoms with Crippen molar-refractivity contribution in [2.45, 2.75) is 24.8 Å². The number of hydrogen-bond donors (Lipinski definition) is 0. The summed E-state index contributed by atoms with van der Waals surface area (Å²) in [7, 11) is -3.88. The minimum Gasteiger partial charge on any atom is -0.237 e. The molecule has 1 aromatic carbocycles. The molecule has 0 unspecified atom stereocenters. The van der Waals surface area contributed by atoms with Gasteiger partial charge in [-0.1, -0.05) is 12.1 Å². The molecule has 3 aromatic rings. The molecule has 0 atom stereocenters. The molecule has 0 aliphatic carbocycles. The molecule has 124 valence electrons. The maximum absolute atomic E-state index is 13.9. The smallest absolute Gasteiger partial charge is 0.237 e. The minimum absolute atomic E-state index is 0.161. The first kappa shape index (κ1) is 15.2. The Morgan fingerprint density at radius 2 is 2.04 bits per heavy atom. The van der Waals surface area contributed by atoms with Crippen LogP contribution in [0.1, 0.15) is 17.0 Å². The van der Waals surface area contributed by atoms with Crippen molar-refractivity contribution in [3.8, 4) is 0 Å². The van der Waals surface area contributed by atoms with E-state index in [1.165, 1.54) is 22.5 Å². The van der Waals surface area contributed by atoms with Gasteiger partial charge in [0.1, 0.15) is 10.7 Å². The maximum Gasteiger partial charge on any atom is 0.246 e. The summed E-state index contributed by atoms with van der Waals surface area (Å²) in [6, 6.07) is 7.32. The van der Waals surface area contributed by atoms with Crippen molar-refractivity contribution in [2.24, 2.45) is 0 Å². The van der Waals surface area contributed by atoms with E-state index < -0.39 is 15.8 Å². The molecule has 4 rings (SSSR count). The van der Waals surface area contributed by atoms with Gasteiger partial charge in [0.25, 0.3) is 0 Å². The zero-order valence-corrected chi connectivity index (χ0v) is 13.8. The topological polar surface area (TPSA) is 67.6 Å².